The van der Waals surface area contributed by atoms with Gasteiger partial charge in [-0.2, -0.15) is 0 Å². The average Bonchev–Trinajstić information content (AvgIpc) is 2.47. The second-order valence-corrected chi connectivity index (χ2v) is 7.62. The summed E-state index contributed by atoms with van der Waals surface area (Å²) in [5.41, 5.74) is 1.06. The van der Waals surface area contributed by atoms with Crippen molar-refractivity contribution in [2.45, 2.75) is 52.5 Å². The number of nitrogens with one attached hydrogen (secondary N) is 1. The molecule has 0 atom stereocenters. The Hall–Kier alpha value is -1.84. The number of carbonyl (C=O) groups is 2. The van der Waals surface area contributed by atoms with E-state index in [-0.39, 0.29) is 23.3 Å². The van der Waals surface area contributed by atoms with Crippen LogP contribution < -0.4 is 5.32 Å². The second kappa shape index (κ2) is 7.62. The largest absolute Gasteiger partial charge is 0.353 e. The van der Waals surface area contributed by atoms with Crippen molar-refractivity contribution in [3.05, 3.63) is 35.9 Å². The van der Waals surface area contributed by atoms with Crippen LogP contribution in [0.15, 0.2) is 30.3 Å². The first kappa shape index (κ1) is 17.5. The molecule has 1 N–H and O–H groups in total. The molecule has 23 heavy (non-hydrogen) atoms. The molecule has 1 heterocycles. The number of hydrogen-bond acceptors (Lipinski definition) is 2. The molecule has 0 unspecified atom stereocenters. The quantitative estimate of drug-likeness (QED) is 0.928. The van der Waals surface area contributed by atoms with E-state index in [0.717, 1.165) is 31.5 Å². The van der Waals surface area contributed by atoms with E-state index in [9.17, 15) is 9.59 Å². The molecule has 0 bridgehead atoms. The van der Waals surface area contributed by atoms with E-state index < -0.39 is 0 Å². The zero-order valence-electron chi connectivity index (χ0n) is 14.5. The summed E-state index contributed by atoms with van der Waals surface area (Å²) < 4.78 is 0. The van der Waals surface area contributed by atoms with Crippen molar-refractivity contribution in [3.8, 4) is 0 Å². The van der Waals surface area contributed by atoms with Crippen molar-refractivity contribution in [2.24, 2.45) is 5.41 Å². The summed E-state index contributed by atoms with van der Waals surface area (Å²) >= 11 is 0. The number of carbonyl (C=O) groups excluding carboxylic acids is 2. The zero-order chi connectivity index (χ0) is 16.9. The summed E-state index contributed by atoms with van der Waals surface area (Å²) in [5.74, 6) is 0.294. The lowest BCUT2D eigenvalue weighted by Crippen LogP contribution is -2.47. The van der Waals surface area contributed by atoms with Crippen molar-refractivity contribution in [3.63, 3.8) is 0 Å². The Balaban J connectivity index is 1.75. The lowest BCUT2D eigenvalue weighted by molar-refractivity contribution is -0.131. The number of nitrogens with zero attached hydrogens (tertiary/aromatic N) is 1. The van der Waals surface area contributed by atoms with Crippen LogP contribution in [0.3, 0.4) is 0 Å². The Labute approximate surface area is 139 Å². The van der Waals surface area contributed by atoms with Crippen molar-refractivity contribution >= 4 is 11.8 Å². The maximum atomic E-state index is 12.3. The normalized spacial score (nSPS) is 16.2. The van der Waals surface area contributed by atoms with E-state index in [1.54, 1.807) is 0 Å². The topological polar surface area (TPSA) is 49.4 Å². The number of benzene rings is 1. The summed E-state index contributed by atoms with van der Waals surface area (Å²) in [6.07, 6.45) is 2.69. The Morgan fingerprint density at radius 1 is 1.13 bits per heavy atom. The molecule has 1 aromatic rings. The van der Waals surface area contributed by atoms with Crippen LogP contribution in [0, 0.1) is 5.41 Å². The van der Waals surface area contributed by atoms with Crippen LogP contribution >= 0.6 is 0 Å². The molecule has 126 valence electrons. The highest BCUT2D eigenvalue weighted by Crippen LogP contribution is 2.19. The van der Waals surface area contributed by atoms with E-state index in [1.807, 2.05) is 35.2 Å². The van der Waals surface area contributed by atoms with E-state index >= 15 is 0 Å². The third-order valence-electron chi connectivity index (χ3n) is 4.10. The molecule has 1 aromatic carbocycles. The lowest BCUT2D eigenvalue weighted by atomic mass is 9.91. The summed E-state index contributed by atoms with van der Waals surface area (Å²) in [5, 5.41) is 3.11. The highest BCUT2D eigenvalue weighted by atomic mass is 16.2. The van der Waals surface area contributed by atoms with Crippen LogP contribution in [0.4, 0.5) is 0 Å². The molecule has 1 aliphatic rings. The first-order valence-electron chi connectivity index (χ1n) is 8.44. The highest BCUT2D eigenvalue weighted by Gasteiger charge is 2.25. The van der Waals surface area contributed by atoms with Crippen LogP contribution in [-0.2, 0) is 16.0 Å². The van der Waals surface area contributed by atoms with Crippen LogP contribution in [-0.4, -0.2) is 35.8 Å². The van der Waals surface area contributed by atoms with Crippen molar-refractivity contribution < 1.29 is 9.59 Å². The molecule has 0 saturated carbocycles. The zero-order valence-corrected chi connectivity index (χ0v) is 14.5. The summed E-state index contributed by atoms with van der Waals surface area (Å²) in [4.78, 5) is 26.2. The van der Waals surface area contributed by atoms with Gasteiger partial charge >= 0.3 is 0 Å². The van der Waals surface area contributed by atoms with Gasteiger partial charge in [-0.3, -0.25) is 9.59 Å². The molecular weight excluding hydrogens is 288 g/mol. The minimum Gasteiger partial charge on any atom is -0.353 e. The fourth-order valence-corrected chi connectivity index (χ4v) is 2.92. The van der Waals surface area contributed by atoms with E-state index in [1.165, 1.54) is 0 Å². The van der Waals surface area contributed by atoms with Crippen LogP contribution in [0.5, 0.6) is 0 Å². The average molecular weight is 316 g/mol. The number of rotatable bonds is 4. The van der Waals surface area contributed by atoms with Gasteiger partial charge in [0.15, 0.2) is 0 Å². The van der Waals surface area contributed by atoms with E-state index in [0.29, 0.717) is 12.8 Å². The van der Waals surface area contributed by atoms with Crippen molar-refractivity contribution in [1.82, 2.24) is 10.2 Å². The number of hydrogen-bond donors (Lipinski definition) is 1. The molecule has 1 saturated heterocycles. The fourth-order valence-electron chi connectivity index (χ4n) is 2.92. The molecule has 1 fully saturated rings. The Kier molecular flexibility index (Phi) is 5.80. The Bertz CT molecular complexity index is 526. The summed E-state index contributed by atoms with van der Waals surface area (Å²) in [6, 6.07) is 10.0. The molecule has 0 spiro atoms. The number of piperidine rings is 1. The fraction of sp³-hybridized carbons (Fsp3) is 0.579. The third-order valence-corrected chi connectivity index (χ3v) is 4.10. The van der Waals surface area contributed by atoms with Crippen LogP contribution in [0.25, 0.3) is 0 Å². The molecule has 1 aliphatic heterocycles. The Morgan fingerprint density at radius 3 is 2.30 bits per heavy atom. The van der Waals surface area contributed by atoms with Gasteiger partial charge in [0.1, 0.15) is 0 Å². The van der Waals surface area contributed by atoms with Gasteiger partial charge in [-0.25, -0.2) is 0 Å². The third kappa shape index (κ3) is 6.05. The molecule has 0 radical (unpaired) electrons. The molecule has 0 aliphatic carbocycles. The monoisotopic (exact) mass is 316 g/mol. The van der Waals surface area contributed by atoms with Gasteiger partial charge in [0.25, 0.3) is 0 Å². The number of amides is 2. The molecule has 4 heteroatoms. The van der Waals surface area contributed by atoms with E-state index in [4.69, 9.17) is 0 Å². The van der Waals surface area contributed by atoms with Crippen molar-refractivity contribution in [2.75, 3.05) is 13.1 Å². The van der Waals surface area contributed by atoms with Gasteiger partial charge in [-0.05, 0) is 23.8 Å². The minimum atomic E-state index is 0.0104. The minimum absolute atomic E-state index is 0.0104. The van der Waals surface area contributed by atoms with Gasteiger partial charge in [-0.1, -0.05) is 51.1 Å². The Morgan fingerprint density at radius 2 is 1.74 bits per heavy atom. The summed E-state index contributed by atoms with van der Waals surface area (Å²) in [6.45, 7) is 7.66. The van der Waals surface area contributed by atoms with Gasteiger partial charge in [0.2, 0.25) is 11.8 Å². The molecule has 4 nitrogen and oxygen atoms in total. The van der Waals surface area contributed by atoms with Gasteiger partial charge in [-0.15, -0.1) is 0 Å². The maximum Gasteiger partial charge on any atom is 0.226 e. The van der Waals surface area contributed by atoms with Gasteiger partial charge in [0.05, 0.1) is 6.42 Å². The number of likely N-dealkylation sites (tertiary alicyclic amines) is 1. The molecular formula is C19H28N2O2. The first-order valence-corrected chi connectivity index (χ1v) is 8.44. The first-order chi connectivity index (χ1) is 10.8. The second-order valence-electron chi connectivity index (χ2n) is 7.62. The van der Waals surface area contributed by atoms with Crippen LogP contribution in [0.1, 0.15) is 45.6 Å². The highest BCUT2D eigenvalue weighted by molar-refractivity contribution is 5.79. The molecule has 0 aromatic heterocycles. The molecule has 2 amide bonds. The lowest BCUT2D eigenvalue weighted by Gasteiger charge is -2.33. The maximum absolute atomic E-state index is 12.3. The smallest absolute Gasteiger partial charge is 0.226 e. The standard InChI is InChI=1S/C19H28N2O2/c1-19(2,3)14-17(22)20-16-9-11-21(12-10-16)18(23)13-15-7-5-4-6-8-15/h4-8,16H,9-14H2,1-3H3,(H,20,22). The molecule has 2 rings (SSSR count). The predicted molar refractivity (Wildman–Crippen MR) is 92.0 cm³/mol. The summed E-state index contributed by atoms with van der Waals surface area (Å²) in [7, 11) is 0. The van der Waals surface area contributed by atoms with Crippen LogP contribution in [0.2, 0.25) is 0 Å². The van der Waals surface area contributed by atoms with E-state index in [2.05, 4.69) is 26.1 Å². The SMILES string of the molecule is CC(C)(C)CC(=O)NC1CCN(C(=O)Cc2ccccc2)CC1. The van der Waals surface area contributed by atoms with Gasteiger partial charge < -0.3 is 10.2 Å². The van der Waals surface area contributed by atoms with Crippen molar-refractivity contribution in [1.29, 1.82) is 0 Å². The van der Waals surface area contributed by atoms with Gasteiger partial charge in [0, 0.05) is 25.6 Å². The predicted octanol–water partition coefficient (Wildman–Crippen LogP) is 2.77.